The van der Waals surface area contributed by atoms with E-state index >= 15 is 0 Å². The highest BCUT2D eigenvalue weighted by Gasteiger charge is 2.33. The summed E-state index contributed by atoms with van der Waals surface area (Å²) >= 11 is 0. The predicted molar refractivity (Wildman–Crippen MR) is 40.0 cm³/mol. The Balaban J connectivity index is 2.62. The molecule has 2 unspecified atom stereocenters. The van der Waals surface area contributed by atoms with Crippen molar-refractivity contribution in [2.45, 2.75) is 38.4 Å². The van der Waals surface area contributed by atoms with Crippen LogP contribution in [-0.4, -0.2) is 28.2 Å². The second kappa shape index (κ2) is 3.32. The average molecular weight is 158 g/mol. The normalized spacial score (nSPS) is 38.6. The number of Topliss-reactive ketones (excluding diaryl/α,β-unsaturated/α-hetero) is 1. The molecule has 1 aliphatic rings. The van der Waals surface area contributed by atoms with Crippen LogP contribution in [0, 0.1) is 5.92 Å². The zero-order valence-corrected chi connectivity index (χ0v) is 6.66. The highest BCUT2D eigenvalue weighted by Crippen LogP contribution is 2.25. The summed E-state index contributed by atoms with van der Waals surface area (Å²) in [6, 6.07) is 0. The maximum absolute atomic E-state index is 10.9. The van der Waals surface area contributed by atoms with Crippen molar-refractivity contribution in [3.63, 3.8) is 0 Å². The van der Waals surface area contributed by atoms with Crippen LogP contribution in [0.15, 0.2) is 0 Å². The van der Waals surface area contributed by atoms with Gasteiger partial charge in [-0.05, 0) is 26.2 Å². The highest BCUT2D eigenvalue weighted by molar-refractivity contribution is 5.79. The summed E-state index contributed by atoms with van der Waals surface area (Å²) in [5.41, 5.74) is 0. The van der Waals surface area contributed by atoms with Gasteiger partial charge >= 0.3 is 0 Å². The van der Waals surface area contributed by atoms with Crippen LogP contribution in [0.25, 0.3) is 0 Å². The zero-order valence-electron chi connectivity index (χ0n) is 6.66. The smallest absolute Gasteiger partial charge is 0.138 e. The fourth-order valence-corrected chi connectivity index (χ4v) is 1.69. The lowest BCUT2D eigenvalue weighted by Gasteiger charge is -2.30. The van der Waals surface area contributed by atoms with Gasteiger partial charge in [-0.3, -0.25) is 4.79 Å². The summed E-state index contributed by atoms with van der Waals surface area (Å²) in [5, 5.41) is 18.7. The van der Waals surface area contributed by atoms with E-state index in [-0.39, 0.29) is 5.78 Å². The molecule has 1 saturated carbocycles. The van der Waals surface area contributed by atoms with Crippen LogP contribution in [0.4, 0.5) is 0 Å². The summed E-state index contributed by atoms with van der Waals surface area (Å²) in [4.78, 5) is 10.9. The minimum Gasteiger partial charge on any atom is -0.392 e. The molecule has 2 N–H and O–H groups in total. The van der Waals surface area contributed by atoms with Gasteiger partial charge in [-0.15, -0.1) is 0 Å². The molecule has 0 spiro atoms. The largest absolute Gasteiger partial charge is 0.392 e. The lowest BCUT2D eigenvalue weighted by atomic mass is 9.82. The quantitative estimate of drug-likeness (QED) is 0.569. The third kappa shape index (κ3) is 1.79. The third-order valence-corrected chi connectivity index (χ3v) is 2.30. The Kier molecular flexibility index (Phi) is 2.62. The summed E-state index contributed by atoms with van der Waals surface area (Å²) in [6.07, 6.45) is 0.835. The number of carbonyl (C=O) groups is 1. The average Bonchev–Trinajstić information content (AvgIpc) is 1.85. The second-order valence-electron chi connectivity index (χ2n) is 3.20. The number of ketones is 1. The van der Waals surface area contributed by atoms with Crippen molar-refractivity contribution in [1.29, 1.82) is 0 Å². The van der Waals surface area contributed by atoms with Crippen molar-refractivity contribution in [2.75, 3.05) is 0 Å². The van der Waals surface area contributed by atoms with Gasteiger partial charge in [0.15, 0.2) is 0 Å². The fraction of sp³-hybridized carbons (Fsp3) is 0.875. The maximum atomic E-state index is 10.9. The molecule has 0 aliphatic heterocycles. The summed E-state index contributed by atoms with van der Waals surface area (Å²) in [5.74, 6) is -0.645. The molecule has 3 nitrogen and oxygen atoms in total. The topological polar surface area (TPSA) is 57.5 Å². The van der Waals surface area contributed by atoms with Crippen LogP contribution in [0.1, 0.15) is 26.2 Å². The van der Waals surface area contributed by atoms with Gasteiger partial charge in [0.25, 0.3) is 0 Å². The SMILES string of the molecule is CC(=O)C1C(O)CCCC1O. The van der Waals surface area contributed by atoms with E-state index in [0.717, 1.165) is 6.42 Å². The Morgan fingerprint density at radius 2 is 1.73 bits per heavy atom. The van der Waals surface area contributed by atoms with Gasteiger partial charge in [0, 0.05) is 0 Å². The molecule has 0 heterocycles. The molecule has 2 atom stereocenters. The van der Waals surface area contributed by atoms with Gasteiger partial charge < -0.3 is 10.2 Å². The minimum absolute atomic E-state index is 0.107. The van der Waals surface area contributed by atoms with E-state index in [1.165, 1.54) is 6.92 Å². The Morgan fingerprint density at radius 1 is 1.27 bits per heavy atom. The molecule has 64 valence electrons. The zero-order chi connectivity index (χ0) is 8.43. The number of carbonyl (C=O) groups excluding carboxylic acids is 1. The first-order chi connectivity index (χ1) is 5.13. The lowest BCUT2D eigenvalue weighted by Crippen LogP contribution is -2.40. The molecule has 1 rings (SSSR count). The molecule has 0 amide bonds. The number of hydrogen-bond donors (Lipinski definition) is 2. The first-order valence-electron chi connectivity index (χ1n) is 3.99. The number of aliphatic hydroxyl groups excluding tert-OH is 2. The molecule has 0 aromatic heterocycles. The molecule has 0 aromatic rings. The Bertz CT molecular complexity index is 145. The minimum atomic E-state index is -0.628. The van der Waals surface area contributed by atoms with Crippen molar-refractivity contribution < 1.29 is 15.0 Å². The number of aliphatic hydroxyl groups is 2. The van der Waals surface area contributed by atoms with Gasteiger partial charge in [0.1, 0.15) is 5.78 Å². The van der Waals surface area contributed by atoms with Gasteiger partial charge in [-0.25, -0.2) is 0 Å². The first kappa shape index (κ1) is 8.68. The van der Waals surface area contributed by atoms with Crippen molar-refractivity contribution in [3.8, 4) is 0 Å². The molecular formula is C8H14O3. The molecule has 1 aliphatic carbocycles. The monoisotopic (exact) mass is 158 g/mol. The van der Waals surface area contributed by atoms with Crippen LogP contribution in [0.3, 0.4) is 0 Å². The van der Waals surface area contributed by atoms with Crippen LogP contribution >= 0.6 is 0 Å². The van der Waals surface area contributed by atoms with Gasteiger partial charge in [0.05, 0.1) is 18.1 Å². The Morgan fingerprint density at radius 3 is 2.00 bits per heavy atom. The third-order valence-electron chi connectivity index (χ3n) is 2.30. The molecular weight excluding hydrogens is 144 g/mol. The molecule has 0 bridgehead atoms. The second-order valence-corrected chi connectivity index (χ2v) is 3.20. The predicted octanol–water partition coefficient (Wildman–Crippen LogP) is 0.0973. The molecule has 0 aromatic carbocycles. The summed E-state index contributed by atoms with van der Waals surface area (Å²) < 4.78 is 0. The van der Waals surface area contributed by atoms with Crippen molar-refractivity contribution in [2.24, 2.45) is 5.92 Å². The van der Waals surface area contributed by atoms with Gasteiger partial charge in [0.2, 0.25) is 0 Å². The summed E-state index contributed by atoms with van der Waals surface area (Å²) in [6.45, 7) is 1.42. The van der Waals surface area contributed by atoms with E-state index in [1.54, 1.807) is 0 Å². The fourth-order valence-electron chi connectivity index (χ4n) is 1.69. The van der Waals surface area contributed by atoms with Crippen molar-refractivity contribution in [3.05, 3.63) is 0 Å². The first-order valence-corrected chi connectivity index (χ1v) is 3.99. The maximum Gasteiger partial charge on any atom is 0.138 e. The molecule has 1 fully saturated rings. The Hall–Kier alpha value is -0.410. The van der Waals surface area contributed by atoms with Crippen molar-refractivity contribution in [1.82, 2.24) is 0 Å². The number of hydrogen-bond acceptors (Lipinski definition) is 3. The van der Waals surface area contributed by atoms with E-state index in [2.05, 4.69) is 0 Å². The molecule has 3 heteroatoms. The molecule has 11 heavy (non-hydrogen) atoms. The standard InChI is InChI=1S/C8H14O3/c1-5(9)8-6(10)3-2-4-7(8)11/h6-8,10-11H,2-4H2,1H3. The lowest BCUT2D eigenvalue weighted by molar-refractivity contribution is -0.132. The van der Waals surface area contributed by atoms with Crippen LogP contribution in [0.2, 0.25) is 0 Å². The van der Waals surface area contributed by atoms with Gasteiger partial charge in [-0.1, -0.05) is 0 Å². The van der Waals surface area contributed by atoms with E-state index in [1.807, 2.05) is 0 Å². The molecule has 0 radical (unpaired) electrons. The Labute approximate surface area is 66.0 Å². The van der Waals surface area contributed by atoms with E-state index in [9.17, 15) is 15.0 Å². The van der Waals surface area contributed by atoms with E-state index < -0.39 is 18.1 Å². The van der Waals surface area contributed by atoms with E-state index in [4.69, 9.17) is 0 Å². The number of rotatable bonds is 1. The van der Waals surface area contributed by atoms with E-state index in [0.29, 0.717) is 12.8 Å². The molecule has 0 saturated heterocycles. The summed E-state index contributed by atoms with van der Waals surface area (Å²) in [7, 11) is 0. The van der Waals surface area contributed by atoms with Crippen LogP contribution < -0.4 is 0 Å². The highest BCUT2D eigenvalue weighted by atomic mass is 16.3. The van der Waals surface area contributed by atoms with Gasteiger partial charge in [-0.2, -0.15) is 0 Å². The van der Waals surface area contributed by atoms with Crippen molar-refractivity contribution >= 4 is 5.78 Å². The van der Waals surface area contributed by atoms with Crippen LogP contribution in [-0.2, 0) is 4.79 Å². The van der Waals surface area contributed by atoms with Crippen LogP contribution in [0.5, 0.6) is 0 Å².